The van der Waals surface area contributed by atoms with E-state index < -0.39 is 0 Å². The first kappa shape index (κ1) is 12.1. The number of rotatable bonds is 2. The van der Waals surface area contributed by atoms with Gasteiger partial charge in [0.15, 0.2) is 0 Å². The van der Waals surface area contributed by atoms with Crippen molar-refractivity contribution in [1.82, 2.24) is 9.97 Å². The Bertz CT molecular complexity index is 542. The van der Waals surface area contributed by atoms with Gasteiger partial charge in [-0.25, -0.2) is 0 Å². The summed E-state index contributed by atoms with van der Waals surface area (Å²) in [5.74, 6) is 0.941. The number of hydrogen-bond acceptors (Lipinski definition) is 4. The molecule has 0 saturated carbocycles. The molecule has 2 aromatic rings. The molecule has 0 radical (unpaired) electrons. The summed E-state index contributed by atoms with van der Waals surface area (Å²) in [6.07, 6.45) is 0. The summed E-state index contributed by atoms with van der Waals surface area (Å²) in [6.45, 7) is 1.91. The fourth-order valence-electron chi connectivity index (χ4n) is 1.24. The Kier molecular flexibility index (Phi) is 3.49. The minimum absolute atomic E-state index is 0.183. The lowest BCUT2D eigenvalue weighted by atomic mass is 10.2. The molecule has 0 amide bonds. The Balaban J connectivity index is 2.34. The van der Waals surface area contributed by atoms with Crippen molar-refractivity contribution in [3.63, 3.8) is 0 Å². The van der Waals surface area contributed by atoms with E-state index in [0.717, 1.165) is 5.56 Å². The second-order valence-corrected chi connectivity index (χ2v) is 4.66. The molecule has 1 heterocycles. The van der Waals surface area contributed by atoms with Gasteiger partial charge >= 0.3 is 6.01 Å². The second kappa shape index (κ2) is 4.89. The van der Waals surface area contributed by atoms with Crippen LogP contribution in [0, 0.1) is 6.92 Å². The van der Waals surface area contributed by atoms with E-state index in [4.69, 9.17) is 22.1 Å². The number of nitrogens with zero attached hydrogens (tertiary/aromatic N) is 2. The highest BCUT2D eigenvalue weighted by atomic mass is 79.9. The fourth-order valence-corrected chi connectivity index (χ4v) is 1.79. The van der Waals surface area contributed by atoms with Crippen LogP contribution in [0.2, 0.25) is 5.02 Å². The summed E-state index contributed by atoms with van der Waals surface area (Å²) >= 11 is 9.11. The van der Waals surface area contributed by atoms with Gasteiger partial charge in [0.05, 0.1) is 0 Å². The summed E-state index contributed by atoms with van der Waals surface area (Å²) in [4.78, 5) is 8.03. The molecule has 4 nitrogen and oxygen atoms in total. The van der Waals surface area contributed by atoms with Crippen molar-refractivity contribution in [2.24, 2.45) is 0 Å². The number of nitrogens with two attached hydrogens (primary N) is 1. The molecule has 0 aliphatic carbocycles. The zero-order valence-electron chi connectivity index (χ0n) is 8.95. The molecule has 6 heteroatoms. The molecule has 0 saturated heterocycles. The van der Waals surface area contributed by atoms with Crippen molar-refractivity contribution >= 4 is 33.3 Å². The third kappa shape index (κ3) is 3.08. The number of anilines is 1. The molecule has 88 valence electrons. The van der Waals surface area contributed by atoms with Gasteiger partial charge in [0.2, 0.25) is 0 Å². The lowest BCUT2D eigenvalue weighted by Crippen LogP contribution is -1.97. The molecular formula is C11H9BrClN3O. The lowest BCUT2D eigenvalue weighted by molar-refractivity contribution is 0.438. The Morgan fingerprint density at radius 2 is 2.06 bits per heavy atom. The van der Waals surface area contributed by atoms with Crippen LogP contribution in [-0.2, 0) is 0 Å². The molecule has 0 fully saturated rings. The summed E-state index contributed by atoms with van der Waals surface area (Å²) in [5, 5.41) is 0.591. The third-order valence-corrected chi connectivity index (χ3v) is 2.69. The Hall–Kier alpha value is -1.33. The summed E-state index contributed by atoms with van der Waals surface area (Å²) < 4.78 is 6.10. The fraction of sp³-hybridized carbons (Fsp3) is 0.0909. The molecule has 1 aromatic carbocycles. The molecule has 17 heavy (non-hydrogen) atoms. The number of nitrogen functional groups attached to an aromatic ring is 1. The zero-order valence-corrected chi connectivity index (χ0v) is 11.3. The molecule has 0 spiro atoms. The highest BCUT2D eigenvalue weighted by molar-refractivity contribution is 9.10. The van der Waals surface area contributed by atoms with Crippen molar-refractivity contribution < 1.29 is 4.74 Å². The molecule has 0 aliphatic rings. The zero-order chi connectivity index (χ0) is 12.4. The van der Waals surface area contributed by atoms with Gasteiger partial charge in [-0.1, -0.05) is 17.7 Å². The van der Waals surface area contributed by atoms with Crippen molar-refractivity contribution in [3.05, 3.63) is 39.5 Å². The highest BCUT2D eigenvalue weighted by Crippen LogP contribution is 2.27. The van der Waals surface area contributed by atoms with Crippen LogP contribution >= 0.6 is 27.5 Å². The van der Waals surface area contributed by atoms with Gasteiger partial charge < -0.3 is 10.5 Å². The van der Waals surface area contributed by atoms with Gasteiger partial charge in [-0.2, -0.15) is 9.97 Å². The lowest BCUT2D eigenvalue weighted by Gasteiger charge is -2.07. The predicted molar refractivity (Wildman–Crippen MR) is 70.4 cm³/mol. The third-order valence-electron chi connectivity index (χ3n) is 2.05. The van der Waals surface area contributed by atoms with Crippen LogP contribution in [0.4, 0.5) is 5.82 Å². The first-order valence-electron chi connectivity index (χ1n) is 4.78. The number of aromatic nitrogens is 2. The van der Waals surface area contributed by atoms with Crippen molar-refractivity contribution in [2.45, 2.75) is 6.92 Å². The van der Waals surface area contributed by atoms with E-state index in [0.29, 0.717) is 21.2 Å². The van der Waals surface area contributed by atoms with Crippen LogP contribution in [-0.4, -0.2) is 9.97 Å². The van der Waals surface area contributed by atoms with E-state index in [-0.39, 0.29) is 6.01 Å². The number of halogens is 2. The van der Waals surface area contributed by atoms with E-state index in [9.17, 15) is 0 Å². The number of hydrogen-bond donors (Lipinski definition) is 1. The molecule has 2 N–H and O–H groups in total. The number of ether oxygens (including phenoxy) is 1. The van der Waals surface area contributed by atoms with Crippen LogP contribution in [0.3, 0.4) is 0 Å². The van der Waals surface area contributed by atoms with Crippen LogP contribution < -0.4 is 10.5 Å². The van der Waals surface area contributed by atoms with Crippen molar-refractivity contribution in [2.75, 3.05) is 5.73 Å². The van der Waals surface area contributed by atoms with E-state index in [1.165, 1.54) is 0 Å². The van der Waals surface area contributed by atoms with Crippen LogP contribution in [0.1, 0.15) is 5.56 Å². The summed E-state index contributed by atoms with van der Waals surface area (Å²) in [5.41, 5.74) is 6.54. The molecule has 0 bridgehead atoms. The maximum atomic E-state index is 5.89. The Morgan fingerprint density at radius 3 is 2.76 bits per heavy atom. The normalized spacial score (nSPS) is 10.3. The first-order chi connectivity index (χ1) is 8.04. The SMILES string of the molecule is Cc1ccc(Cl)cc1Oc1nc(N)cc(Br)n1. The predicted octanol–water partition coefficient (Wildman–Crippen LogP) is 3.58. The van der Waals surface area contributed by atoms with E-state index >= 15 is 0 Å². The maximum Gasteiger partial charge on any atom is 0.325 e. The summed E-state index contributed by atoms with van der Waals surface area (Å²) in [7, 11) is 0. The molecule has 0 aliphatic heterocycles. The van der Waals surface area contributed by atoms with Gasteiger partial charge in [0.1, 0.15) is 16.2 Å². The number of aryl methyl sites for hydroxylation is 1. The van der Waals surface area contributed by atoms with Crippen LogP contribution in [0.15, 0.2) is 28.9 Å². The van der Waals surface area contributed by atoms with Crippen molar-refractivity contribution in [1.29, 1.82) is 0 Å². The Labute approximate surface area is 112 Å². The minimum Gasteiger partial charge on any atom is -0.424 e. The Morgan fingerprint density at radius 1 is 1.29 bits per heavy atom. The van der Waals surface area contributed by atoms with Gasteiger partial charge in [-0.15, -0.1) is 0 Å². The van der Waals surface area contributed by atoms with Gasteiger partial charge in [0, 0.05) is 11.1 Å². The van der Waals surface area contributed by atoms with Gasteiger partial charge in [-0.05, 0) is 40.5 Å². The molecule has 2 rings (SSSR count). The van der Waals surface area contributed by atoms with Crippen LogP contribution in [0.25, 0.3) is 0 Å². The smallest absolute Gasteiger partial charge is 0.325 e. The van der Waals surface area contributed by atoms with Crippen LogP contribution in [0.5, 0.6) is 11.8 Å². The van der Waals surface area contributed by atoms with Gasteiger partial charge in [0.25, 0.3) is 0 Å². The van der Waals surface area contributed by atoms with Crippen molar-refractivity contribution in [3.8, 4) is 11.8 Å². The number of benzene rings is 1. The maximum absolute atomic E-state index is 5.89. The quantitative estimate of drug-likeness (QED) is 0.861. The molecule has 0 unspecified atom stereocenters. The molecular weight excluding hydrogens is 305 g/mol. The standard InChI is InChI=1S/C11H9BrClN3O/c1-6-2-3-7(13)4-8(6)17-11-15-9(12)5-10(14)16-11/h2-5H,1H3,(H2,14,15,16). The van der Waals surface area contributed by atoms with E-state index in [1.54, 1.807) is 18.2 Å². The minimum atomic E-state index is 0.183. The van der Waals surface area contributed by atoms with Gasteiger partial charge in [-0.3, -0.25) is 0 Å². The van der Waals surface area contributed by atoms with E-state index in [2.05, 4.69) is 25.9 Å². The average Bonchev–Trinajstić information content (AvgIpc) is 2.22. The van der Waals surface area contributed by atoms with E-state index in [1.807, 2.05) is 13.0 Å². The summed E-state index contributed by atoms with van der Waals surface area (Å²) in [6, 6.07) is 7.13. The topological polar surface area (TPSA) is 61.0 Å². The molecule has 1 aromatic heterocycles. The monoisotopic (exact) mass is 313 g/mol. The largest absolute Gasteiger partial charge is 0.424 e. The first-order valence-corrected chi connectivity index (χ1v) is 5.96. The average molecular weight is 315 g/mol. The second-order valence-electron chi connectivity index (χ2n) is 3.41. The molecule has 0 atom stereocenters. The highest BCUT2D eigenvalue weighted by Gasteiger charge is 2.06.